The molecule has 1 aliphatic rings. The van der Waals surface area contributed by atoms with Crippen molar-refractivity contribution in [2.24, 2.45) is 11.0 Å². The number of halogens is 2. The Morgan fingerprint density at radius 3 is 2.33 bits per heavy atom. The summed E-state index contributed by atoms with van der Waals surface area (Å²) in [6.45, 7) is 8.42. The van der Waals surface area contributed by atoms with Gasteiger partial charge in [-0.15, -0.1) is 0 Å². The van der Waals surface area contributed by atoms with Gasteiger partial charge in [-0.2, -0.15) is 5.10 Å². The van der Waals surface area contributed by atoms with Crippen LogP contribution in [-0.4, -0.2) is 11.6 Å². The number of carbonyl (C=O) groups is 1. The minimum Gasteiger partial charge on any atom is -0.273 e. The first-order valence-electron chi connectivity index (χ1n) is 9.07. The molecule has 0 radical (unpaired) electrons. The van der Waals surface area contributed by atoms with E-state index in [1.165, 1.54) is 11.1 Å². The number of hydrazone groups is 1. The van der Waals surface area contributed by atoms with Crippen LogP contribution in [0.3, 0.4) is 0 Å². The van der Waals surface area contributed by atoms with Gasteiger partial charge in [-0.1, -0.05) is 74.3 Å². The third-order valence-electron chi connectivity index (χ3n) is 5.00. The topological polar surface area (TPSA) is 41.5 Å². The lowest BCUT2D eigenvalue weighted by molar-refractivity contribution is -0.122. The third kappa shape index (κ3) is 4.72. The molecule has 2 aromatic carbocycles. The highest BCUT2D eigenvalue weighted by Crippen LogP contribution is 2.47. The maximum Gasteiger partial charge on any atom is 0.243 e. The van der Waals surface area contributed by atoms with Crippen molar-refractivity contribution in [3.63, 3.8) is 0 Å². The van der Waals surface area contributed by atoms with Crippen molar-refractivity contribution in [3.8, 4) is 0 Å². The van der Waals surface area contributed by atoms with Gasteiger partial charge in [0.15, 0.2) is 0 Å². The van der Waals surface area contributed by atoms with E-state index in [9.17, 15) is 4.79 Å². The van der Waals surface area contributed by atoms with Gasteiger partial charge in [0.1, 0.15) is 0 Å². The van der Waals surface area contributed by atoms with Crippen molar-refractivity contribution in [1.82, 2.24) is 5.43 Å². The zero-order valence-corrected chi connectivity index (χ0v) is 17.5. The van der Waals surface area contributed by atoms with Crippen LogP contribution in [-0.2, 0) is 10.2 Å². The molecule has 0 spiro atoms. The minimum absolute atomic E-state index is 0.0177. The lowest BCUT2D eigenvalue weighted by Crippen LogP contribution is -2.21. The fourth-order valence-corrected chi connectivity index (χ4v) is 3.39. The van der Waals surface area contributed by atoms with E-state index in [0.29, 0.717) is 15.8 Å². The second-order valence-corrected chi connectivity index (χ2v) is 8.94. The Balaban J connectivity index is 1.60. The van der Waals surface area contributed by atoms with Gasteiger partial charge < -0.3 is 0 Å². The van der Waals surface area contributed by atoms with Crippen molar-refractivity contribution < 1.29 is 4.79 Å². The minimum atomic E-state index is -0.0423. The van der Waals surface area contributed by atoms with Crippen molar-refractivity contribution in [2.75, 3.05) is 0 Å². The molecule has 1 aliphatic carbocycles. The van der Waals surface area contributed by atoms with Crippen LogP contribution in [0, 0.1) is 5.92 Å². The molecule has 2 aromatic rings. The van der Waals surface area contributed by atoms with Crippen LogP contribution in [0.4, 0.5) is 0 Å². The first kappa shape index (κ1) is 19.9. The van der Waals surface area contributed by atoms with Crippen LogP contribution in [0.5, 0.6) is 0 Å². The normalized spacial score (nSPS) is 19.7. The molecule has 5 heteroatoms. The van der Waals surface area contributed by atoms with Gasteiger partial charge in [0.05, 0.1) is 15.8 Å². The Labute approximate surface area is 170 Å². The molecule has 0 bridgehead atoms. The lowest BCUT2D eigenvalue weighted by atomic mass is 9.86. The van der Waals surface area contributed by atoms with Gasteiger partial charge in [0.2, 0.25) is 5.91 Å². The number of hydrogen-bond acceptors (Lipinski definition) is 2. The summed E-state index contributed by atoms with van der Waals surface area (Å²) in [6, 6.07) is 13.9. The van der Waals surface area contributed by atoms with Gasteiger partial charge >= 0.3 is 0 Å². The first-order valence-corrected chi connectivity index (χ1v) is 9.82. The molecule has 142 valence electrons. The Bertz CT molecular complexity index is 882. The summed E-state index contributed by atoms with van der Waals surface area (Å²) in [5.74, 6) is 0.217. The van der Waals surface area contributed by atoms with Gasteiger partial charge in [-0.3, -0.25) is 4.79 Å². The molecule has 3 rings (SSSR count). The van der Waals surface area contributed by atoms with E-state index in [-0.39, 0.29) is 23.2 Å². The number of hydrogen-bond donors (Lipinski definition) is 1. The summed E-state index contributed by atoms with van der Waals surface area (Å²) in [4.78, 5) is 12.4. The Hall–Kier alpha value is -1.84. The van der Waals surface area contributed by atoms with Crippen molar-refractivity contribution in [3.05, 3.63) is 69.2 Å². The monoisotopic (exact) mass is 402 g/mol. The van der Waals surface area contributed by atoms with Crippen LogP contribution < -0.4 is 5.43 Å². The molecule has 1 fully saturated rings. The zero-order chi connectivity index (χ0) is 19.8. The number of amides is 1. The zero-order valence-electron chi connectivity index (χ0n) is 16.0. The van der Waals surface area contributed by atoms with E-state index < -0.39 is 0 Å². The van der Waals surface area contributed by atoms with E-state index in [1.807, 2.05) is 13.0 Å². The van der Waals surface area contributed by atoms with Crippen molar-refractivity contribution in [1.29, 1.82) is 0 Å². The van der Waals surface area contributed by atoms with Gasteiger partial charge in [-0.05, 0) is 53.5 Å². The molecule has 2 atom stereocenters. The Morgan fingerprint density at radius 1 is 1.07 bits per heavy atom. The second kappa shape index (κ2) is 7.65. The van der Waals surface area contributed by atoms with Crippen molar-refractivity contribution >= 4 is 34.8 Å². The van der Waals surface area contributed by atoms with Crippen LogP contribution in [0.2, 0.25) is 10.0 Å². The summed E-state index contributed by atoms with van der Waals surface area (Å²) in [6.07, 6.45) is 0.863. The highest BCUT2D eigenvalue weighted by Gasteiger charge is 2.44. The molecule has 2 unspecified atom stereocenters. The summed E-state index contributed by atoms with van der Waals surface area (Å²) in [7, 11) is 0. The molecule has 1 N–H and O–H groups in total. The smallest absolute Gasteiger partial charge is 0.243 e. The predicted molar refractivity (Wildman–Crippen MR) is 113 cm³/mol. The van der Waals surface area contributed by atoms with Crippen LogP contribution in [0.1, 0.15) is 56.7 Å². The molecule has 27 heavy (non-hydrogen) atoms. The van der Waals surface area contributed by atoms with Gasteiger partial charge in [-0.25, -0.2) is 5.43 Å². The molecule has 1 saturated carbocycles. The number of carbonyl (C=O) groups excluding carboxylic acids is 1. The molecule has 1 amide bonds. The first-order chi connectivity index (χ1) is 12.7. The number of benzene rings is 2. The molecule has 0 aromatic heterocycles. The van der Waals surface area contributed by atoms with Crippen LogP contribution in [0.15, 0.2) is 47.6 Å². The maximum absolute atomic E-state index is 12.4. The number of rotatable bonds is 4. The van der Waals surface area contributed by atoms with Crippen LogP contribution >= 0.6 is 23.2 Å². The summed E-state index contributed by atoms with van der Waals surface area (Å²) >= 11 is 12.0. The summed E-state index contributed by atoms with van der Waals surface area (Å²) in [5, 5.41) is 5.18. The molecule has 0 aliphatic heterocycles. The number of nitrogens with one attached hydrogen (secondary N) is 1. The molecule has 0 heterocycles. The van der Waals surface area contributed by atoms with E-state index in [0.717, 1.165) is 12.0 Å². The third-order valence-corrected chi connectivity index (χ3v) is 5.74. The fourth-order valence-electron chi connectivity index (χ4n) is 3.09. The second-order valence-electron chi connectivity index (χ2n) is 8.12. The molecular formula is C22H24Cl2N2O. The highest BCUT2D eigenvalue weighted by atomic mass is 35.5. The van der Waals surface area contributed by atoms with E-state index in [2.05, 4.69) is 55.6 Å². The van der Waals surface area contributed by atoms with E-state index in [4.69, 9.17) is 23.2 Å². The predicted octanol–water partition coefficient (Wildman–Crippen LogP) is 5.93. The van der Waals surface area contributed by atoms with E-state index in [1.54, 1.807) is 12.1 Å². The summed E-state index contributed by atoms with van der Waals surface area (Å²) < 4.78 is 0. The summed E-state index contributed by atoms with van der Waals surface area (Å²) in [5.41, 5.74) is 6.85. The molecular weight excluding hydrogens is 379 g/mol. The van der Waals surface area contributed by atoms with Gasteiger partial charge in [0, 0.05) is 5.92 Å². The Kier molecular flexibility index (Phi) is 5.64. The van der Waals surface area contributed by atoms with Crippen LogP contribution in [0.25, 0.3) is 0 Å². The largest absolute Gasteiger partial charge is 0.273 e. The maximum atomic E-state index is 12.4. The quantitative estimate of drug-likeness (QED) is 0.499. The highest BCUT2D eigenvalue weighted by molar-refractivity contribution is 6.42. The van der Waals surface area contributed by atoms with Crippen molar-refractivity contribution in [2.45, 2.75) is 45.4 Å². The fraction of sp³-hybridized carbons (Fsp3) is 0.364. The average molecular weight is 403 g/mol. The molecule has 0 saturated heterocycles. The average Bonchev–Trinajstić information content (AvgIpc) is 3.42. The van der Waals surface area contributed by atoms with E-state index >= 15 is 0 Å². The Morgan fingerprint density at radius 2 is 1.74 bits per heavy atom. The van der Waals surface area contributed by atoms with Gasteiger partial charge in [0.25, 0.3) is 0 Å². The number of nitrogens with zero attached hydrogens (tertiary/aromatic N) is 1. The lowest BCUT2D eigenvalue weighted by Gasteiger charge is -2.19. The SMILES string of the molecule is C/C(=N\NC(=O)C1CC1c1ccc(C(C)(C)C)cc1)c1ccc(Cl)c(Cl)c1. The standard InChI is InChI=1S/C22H24Cl2N2O/c1-13(15-7-10-19(23)20(24)11-15)25-26-21(27)18-12-17(18)14-5-8-16(9-6-14)22(2,3)4/h5-11,17-18H,12H2,1-4H3,(H,26,27)/b25-13+. The molecule has 3 nitrogen and oxygen atoms in total.